The molecule has 0 fully saturated rings. The van der Waals surface area contributed by atoms with Crippen LogP contribution in [0.2, 0.25) is 0 Å². The Labute approximate surface area is 264 Å². The summed E-state index contributed by atoms with van der Waals surface area (Å²) in [5.41, 5.74) is -1.26. The standard InChI is InChI=1S/C29H30F4N3O10P/c1-15(46-47(40,41)42)12-44-20-9-6-17(10-21(20)43-3)25(37)35-13-28(39,29(31,32)33)22-11-19-24(45-14-27(19,2)26(34)38)23(36-22)16-4-7-18(30)8-5-16/h4-11,15,39H,12-14H2,1-3H3,(H2,34,38)(H,35,37)(H2,40,41,42)/t15-,27+,28?/m1/s1. The van der Waals surface area contributed by atoms with Gasteiger partial charge in [0.25, 0.3) is 5.91 Å². The van der Waals surface area contributed by atoms with Gasteiger partial charge in [0.2, 0.25) is 11.5 Å². The molecule has 0 radical (unpaired) electrons. The number of nitrogens with two attached hydrogens (primary N) is 1. The van der Waals surface area contributed by atoms with Crippen molar-refractivity contribution in [3.63, 3.8) is 0 Å². The van der Waals surface area contributed by atoms with Crippen LogP contribution in [0.25, 0.3) is 11.3 Å². The normalized spacial score (nSPS) is 18.0. The molecule has 0 saturated carbocycles. The number of alkyl halides is 3. The Morgan fingerprint density at radius 3 is 2.38 bits per heavy atom. The average molecular weight is 688 g/mol. The largest absolute Gasteiger partial charge is 0.493 e. The summed E-state index contributed by atoms with van der Waals surface area (Å²) >= 11 is 0. The molecule has 1 aliphatic heterocycles. The number of nitrogens with one attached hydrogen (secondary N) is 1. The van der Waals surface area contributed by atoms with Gasteiger partial charge >= 0.3 is 14.0 Å². The second kappa shape index (κ2) is 13.1. The van der Waals surface area contributed by atoms with Crippen molar-refractivity contribution in [3.05, 3.63) is 71.2 Å². The molecular formula is C29H30F4N3O10P. The van der Waals surface area contributed by atoms with Crippen molar-refractivity contribution in [2.45, 2.75) is 37.1 Å². The van der Waals surface area contributed by atoms with Crippen LogP contribution < -0.4 is 25.3 Å². The van der Waals surface area contributed by atoms with E-state index in [4.69, 9.17) is 29.7 Å². The van der Waals surface area contributed by atoms with Gasteiger partial charge in [-0.3, -0.25) is 14.1 Å². The Hall–Kier alpha value is -4.28. The molecule has 6 N–H and O–H groups in total. The number of carbonyl (C=O) groups is 2. The first-order chi connectivity index (χ1) is 21.8. The van der Waals surface area contributed by atoms with E-state index in [1.807, 2.05) is 5.32 Å². The van der Waals surface area contributed by atoms with Crippen LogP contribution in [0.1, 0.15) is 35.5 Å². The molecule has 0 saturated heterocycles. The van der Waals surface area contributed by atoms with Crippen molar-refractivity contribution in [1.29, 1.82) is 0 Å². The summed E-state index contributed by atoms with van der Waals surface area (Å²) in [7, 11) is -3.57. The number of rotatable bonds is 12. The molecule has 3 atom stereocenters. The molecular weight excluding hydrogens is 657 g/mol. The Balaban J connectivity index is 1.66. The molecule has 2 amide bonds. The number of primary amides is 1. The summed E-state index contributed by atoms with van der Waals surface area (Å²) in [5.74, 6) is -2.74. The minimum absolute atomic E-state index is 0.0207. The molecule has 0 aliphatic carbocycles. The second-order valence-electron chi connectivity index (χ2n) is 10.8. The van der Waals surface area contributed by atoms with Crippen LogP contribution in [-0.4, -0.2) is 70.8 Å². The van der Waals surface area contributed by atoms with Crippen LogP contribution in [0.5, 0.6) is 17.2 Å². The highest BCUT2D eigenvalue weighted by molar-refractivity contribution is 7.46. The maximum atomic E-state index is 14.6. The molecule has 47 heavy (non-hydrogen) atoms. The Morgan fingerprint density at radius 2 is 1.81 bits per heavy atom. The van der Waals surface area contributed by atoms with Crippen molar-refractivity contribution in [2.75, 3.05) is 26.9 Å². The van der Waals surface area contributed by atoms with Gasteiger partial charge in [-0.05, 0) is 62.4 Å². The number of halogens is 4. The SMILES string of the molecule is COc1cc(C(=O)NCC(O)(c2cc3c(c(-c4ccc(F)cc4)n2)OC[C@]3(C)C(N)=O)C(F)(F)F)ccc1OC[C@@H](C)OP(=O)(O)O. The van der Waals surface area contributed by atoms with Gasteiger partial charge in [0.15, 0.2) is 11.5 Å². The number of carbonyl (C=O) groups excluding carboxylic acids is 2. The molecule has 13 nitrogen and oxygen atoms in total. The zero-order chi connectivity index (χ0) is 34.9. The second-order valence-corrected chi connectivity index (χ2v) is 12.0. The third-order valence-electron chi connectivity index (χ3n) is 7.35. The summed E-state index contributed by atoms with van der Waals surface area (Å²) in [6.07, 6.45) is -6.47. The Kier molecular flexibility index (Phi) is 9.90. The molecule has 3 aromatic rings. The summed E-state index contributed by atoms with van der Waals surface area (Å²) in [5, 5.41) is 13.2. The Bertz CT molecular complexity index is 1720. The van der Waals surface area contributed by atoms with E-state index in [1.54, 1.807) is 0 Å². The van der Waals surface area contributed by atoms with Gasteiger partial charge in [0, 0.05) is 16.7 Å². The lowest BCUT2D eigenvalue weighted by molar-refractivity contribution is -0.265. The van der Waals surface area contributed by atoms with E-state index in [0.717, 1.165) is 24.3 Å². The fourth-order valence-electron chi connectivity index (χ4n) is 4.65. The number of pyridine rings is 1. The number of phosphoric acid groups is 1. The third kappa shape index (κ3) is 7.49. The maximum absolute atomic E-state index is 14.6. The minimum Gasteiger partial charge on any atom is -0.493 e. The van der Waals surface area contributed by atoms with E-state index in [2.05, 4.69) is 9.51 Å². The van der Waals surface area contributed by atoms with Crippen LogP contribution in [-0.2, 0) is 24.9 Å². The molecule has 1 aliphatic rings. The highest BCUT2D eigenvalue weighted by Gasteiger charge is 2.57. The molecule has 0 spiro atoms. The van der Waals surface area contributed by atoms with E-state index < -0.39 is 61.0 Å². The van der Waals surface area contributed by atoms with E-state index in [9.17, 15) is 36.8 Å². The number of nitrogens with zero attached hydrogens (tertiary/aromatic N) is 1. The van der Waals surface area contributed by atoms with Crippen molar-refractivity contribution < 1.29 is 65.3 Å². The first kappa shape index (κ1) is 35.6. The molecule has 4 rings (SSSR count). The van der Waals surface area contributed by atoms with E-state index in [0.29, 0.717) is 0 Å². The number of benzene rings is 2. The van der Waals surface area contributed by atoms with Crippen LogP contribution >= 0.6 is 7.82 Å². The molecule has 0 bridgehead atoms. The van der Waals surface area contributed by atoms with Crippen molar-refractivity contribution in [3.8, 4) is 28.5 Å². The maximum Gasteiger partial charge on any atom is 0.469 e. The van der Waals surface area contributed by atoms with Gasteiger partial charge in [-0.15, -0.1) is 0 Å². The van der Waals surface area contributed by atoms with Gasteiger partial charge in [-0.25, -0.2) is 13.9 Å². The summed E-state index contributed by atoms with van der Waals surface area (Å²) in [6.45, 7) is 0.569. The molecule has 18 heteroatoms. The first-order valence-electron chi connectivity index (χ1n) is 13.7. The fraction of sp³-hybridized carbons (Fsp3) is 0.345. The summed E-state index contributed by atoms with van der Waals surface area (Å²) in [4.78, 5) is 47.3. The number of ether oxygens (including phenoxy) is 3. The first-order valence-corrected chi connectivity index (χ1v) is 15.2. The average Bonchev–Trinajstić information content (AvgIpc) is 3.34. The fourth-order valence-corrected chi connectivity index (χ4v) is 5.18. The number of hydrogen-bond acceptors (Lipinski definition) is 9. The van der Waals surface area contributed by atoms with E-state index in [1.165, 1.54) is 45.2 Å². The quantitative estimate of drug-likeness (QED) is 0.138. The zero-order valence-corrected chi connectivity index (χ0v) is 25.9. The van der Waals surface area contributed by atoms with Crippen molar-refractivity contribution >= 4 is 19.6 Å². The lowest BCUT2D eigenvalue weighted by atomic mass is 9.81. The van der Waals surface area contributed by atoms with Crippen molar-refractivity contribution in [2.24, 2.45) is 5.73 Å². The minimum atomic E-state index is -5.43. The molecule has 2 heterocycles. The highest BCUT2D eigenvalue weighted by atomic mass is 31.2. The molecule has 1 unspecified atom stereocenters. The molecule has 254 valence electrons. The highest BCUT2D eigenvalue weighted by Crippen LogP contribution is 2.48. The van der Waals surface area contributed by atoms with Crippen LogP contribution in [0, 0.1) is 5.82 Å². The van der Waals surface area contributed by atoms with Gasteiger partial charge in [-0.1, -0.05) is 0 Å². The summed E-state index contributed by atoms with van der Waals surface area (Å²) in [6, 6.07) is 8.90. The van der Waals surface area contributed by atoms with Gasteiger partial charge in [0.1, 0.15) is 42.0 Å². The van der Waals surface area contributed by atoms with E-state index >= 15 is 0 Å². The van der Waals surface area contributed by atoms with Gasteiger partial charge in [-0.2, -0.15) is 13.2 Å². The molecule has 2 aromatic carbocycles. The molecule has 1 aromatic heterocycles. The number of aromatic nitrogens is 1. The third-order valence-corrected chi connectivity index (χ3v) is 7.98. The van der Waals surface area contributed by atoms with Crippen LogP contribution in [0.3, 0.4) is 0 Å². The van der Waals surface area contributed by atoms with Gasteiger partial charge in [0.05, 0.1) is 19.3 Å². The number of amides is 2. The number of hydrogen-bond donors (Lipinski definition) is 5. The number of phosphoric ester groups is 1. The smallest absolute Gasteiger partial charge is 0.469 e. The Morgan fingerprint density at radius 1 is 1.15 bits per heavy atom. The zero-order valence-electron chi connectivity index (χ0n) is 25.0. The lowest BCUT2D eigenvalue weighted by Gasteiger charge is -2.31. The number of methoxy groups -OCH3 is 1. The van der Waals surface area contributed by atoms with Crippen LogP contribution in [0.4, 0.5) is 17.6 Å². The monoisotopic (exact) mass is 687 g/mol. The summed E-state index contributed by atoms with van der Waals surface area (Å²) < 4.78 is 89.3. The van der Waals surface area contributed by atoms with Crippen molar-refractivity contribution in [1.82, 2.24) is 10.3 Å². The van der Waals surface area contributed by atoms with Gasteiger partial charge < -0.3 is 40.2 Å². The van der Waals surface area contributed by atoms with Crippen LogP contribution in [0.15, 0.2) is 48.5 Å². The number of fused-ring (bicyclic) bond motifs is 1. The van der Waals surface area contributed by atoms with E-state index in [-0.39, 0.29) is 52.8 Å². The topological polar surface area (TPSA) is 200 Å². The number of aliphatic hydroxyl groups is 1. The predicted octanol–water partition coefficient (Wildman–Crippen LogP) is 3.09. The lowest BCUT2D eigenvalue weighted by Crippen LogP contribution is -2.51. The predicted molar refractivity (Wildman–Crippen MR) is 155 cm³/mol.